The second-order valence-electron chi connectivity index (χ2n) is 4.37. The molecular formula is C15H19N3O2. The first-order valence-electron chi connectivity index (χ1n) is 6.90. The SMILES string of the molecule is CCOC(=O)c1ccc(-n2nc(CC)cc2CC)nc1. The Morgan fingerprint density at radius 2 is 2.05 bits per heavy atom. The normalized spacial score (nSPS) is 10.6. The number of carbonyl (C=O) groups is 1. The highest BCUT2D eigenvalue weighted by molar-refractivity contribution is 5.89. The smallest absolute Gasteiger partial charge is 0.339 e. The Morgan fingerprint density at radius 3 is 2.60 bits per heavy atom. The van der Waals surface area contributed by atoms with Crippen LogP contribution >= 0.6 is 0 Å². The predicted octanol–water partition coefficient (Wildman–Crippen LogP) is 2.57. The van der Waals surface area contributed by atoms with E-state index < -0.39 is 0 Å². The monoisotopic (exact) mass is 273 g/mol. The molecule has 2 heterocycles. The third-order valence-electron chi connectivity index (χ3n) is 3.03. The van der Waals surface area contributed by atoms with Crippen molar-refractivity contribution in [1.29, 1.82) is 0 Å². The van der Waals surface area contributed by atoms with Crippen LogP contribution in [0.25, 0.3) is 5.82 Å². The summed E-state index contributed by atoms with van der Waals surface area (Å²) in [5.41, 5.74) is 2.60. The Kier molecular flexibility index (Phi) is 4.50. The molecule has 20 heavy (non-hydrogen) atoms. The number of nitrogens with zero attached hydrogens (tertiary/aromatic N) is 3. The lowest BCUT2D eigenvalue weighted by molar-refractivity contribution is 0.0526. The van der Waals surface area contributed by atoms with Gasteiger partial charge in [0.05, 0.1) is 17.9 Å². The number of aromatic nitrogens is 3. The average molecular weight is 273 g/mol. The molecule has 0 saturated heterocycles. The minimum atomic E-state index is -0.350. The molecule has 106 valence electrons. The van der Waals surface area contributed by atoms with E-state index in [1.54, 1.807) is 19.1 Å². The molecule has 2 aromatic rings. The summed E-state index contributed by atoms with van der Waals surface area (Å²) in [7, 11) is 0. The first kappa shape index (κ1) is 14.2. The largest absolute Gasteiger partial charge is 0.462 e. The zero-order valence-corrected chi connectivity index (χ0v) is 12.1. The van der Waals surface area contributed by atoms with E-state index in [1.165, 1.54) is 6.20 Å². The molecule has 0 spiro atoms. The molecule has 0 bridgehead atoms. The fourth-order valence-electron chi connectivity index (χ4n) is 1.94. The van der Waals surface area contributed by atoms with Crippen molar-refractivity contribution in [1.82, 2.24) is 14.8 Å². The van der Waals surface area contributed by atoms with Crippen LogP contribution < -0.4 is 0 Å². The molecule has 2 aromatic heterocycles. The molecule has 0 saturated carbocycles. The third kappa shape index (κ3) is 2.87. The van der Waals surface area contributed by atoms with E-state index in [0.717, 1.165) is 30.0 Å². The summed E-state index contributed by atoms with van der Waals surface area (Å²) in [6.07, 6.45) is 3.30. The first-order valence-corrected chi connectivity index (χ1v) is 6.90. The minimum Gasteiger partial charge on any atom is -0.462 e. The highest BCUT2D eigenvalue weighted by Gasteiger charge is 2.11. The van der Waals surface area contributed by atoms with Crippen LogP contribution in [-0.2, 0) is 17.6 Å². The second kappa shape index (κ2) is 6.32. The van der Waals surface area contributed by atoms with E-state index in [9.17, 15) is 4.79 Å². The fourth-order valence-corrected chi connectivity index (χ4v) is 1.94. The summed E-state index contributed by atoms with van der Waals surface area (Å²) in [5, 5.41) is 4.52. The van der Waals surface area contributed by atoms with Gasteiger partial charge in [0.15, 0.2) is 5.82 Å². The van der Waals surface area contributed by atoms with E-state index in [0.29, 0.717) is 12.2 Å². The van der Waals surface area contributed by atoms with Crippen molar-refractivity contribution in [2.75, 3.05) is 6.61 Å². The maximum absolute atomic E-state index is 11.6. The average Bonchev–Trinajstić information content (AvgIpc) is 2.91. The van der Waals surface area contributed by atoms with Crippen LogP contribution in [0.5, 0.6) is 0 Å². The molecule has 0 aromatic carbocycles. The van der Waals surface area contributed by atoms with Gasteiger partial charge in [0.2, 0.25) is 0 Å². The van der Waals surface area contributed by atoms with Gasteiger partial charge in [-0.05, 0) is 38.0 Å². The van der Waals surface area contributed by atoms with Crippen molar-refractivity contribution >= 4 is 5.97 Å². The number of ether oxygens (including phenoxy) is 1. The van der Waals surface area contributed by atoms with Crippen molar-refractivity contribution in [3.8, 4) is 5.82 Å². The minimum absolute atomic E-state index is 0.350. The molecule has 0 N–H and O–H groups in total. The van der Waals surface area contributed by atoms with Crippen LogP contribution in [0, 0.1) is 0 Å². The lowest BCUT2D eigenvalue weighted by Crippen LogP contribution is -2.08. The van der Waals surface area contributed by atoms with Gasteiger partial charge >= 0.3 is 5.97 Å². The number of rotatable bonds is 5. The van der Waals surface area contributed by atoms with Crippen molar-refractivity contribution in [2.24, 2.45) is 0 Å². The summed E-state index contributed by atoms with van der Waals surface area (Å²) >= 11 is 0. The zero-order chi connectivity index (χ0) is 14.5. The van der Waals surface area contributed by atoms with Gasteiger partial charge < -0.3 is 4.74 Å². The number of carbonyl (C=O) groups excluding carboxylic acids is 1. The summed E-state index contributed by atoms with van der Waals surface area (Å²) < 4.78 is 6.77. The Bertz CT molecular complexity index is 588. The Hall–Kier alpha value is -2.17. The highest BCUT2D eigenvalue weighted by Crippen LogP contribution is 2.13. The van der Waals surface area contributed by atoms with Crippen LogP contribution in [0.3, 0.4) is 0 Å². The van der Waals surface area contributed by atoms with Gasteiger partial charge in [-0.15, -0.1) is 0 Å². The summed E-state index contributed by atoms with van der Waals surface area (Å²) in [6, 6.07) is 5.59. The molecule has 0 unspecified atom stereocenters. The molecular weight excluding hydrogens is 254 g/mol. The fraction of sp³-hybridized carbons (Fsp3) is 0.400. The molecule has 0 aliphatic heterocycles. The van der Waals surface area contributed by atoms with Crippen molar-refractivity contribution < 1.29 is 9.53 Å². The molecule has 0 aliphatic rings. The van der Waals surface area contributed by atoms with Crippen molar-refractivity contribution in [3.05, 3.63) is 41.3 Å². The van der Waals surface area contributed by atoms with E-state index >= 15 is 0 Å². The first-order chi connectivity index (χ1) is 9.69. The summed E-state index contributed by atoms with van der Waals surface area (Å²) in [6.45, 7) is 6.30. The standard InChI is InChI=1S/C15H19N3O2/c1-4-12-9-13(5-2)18(17-12)14-8-7-11(10-16-14)15(19)20-6-3/h7-10H,4-6H2,1-3H3. The number of pyridine rings is 1. The number of hydrogen-bond donors (Lipinski definition) is 0. The molecule has 0 aliphatic carbocycles. The molecule has 0 fully saturated rings. The van der Waals surface area contributed by atoms with E-state index in [2.05, 4.69) is 30.0 Å². The maximum atomic E-state index is 11.6. The Labute approximate surface area is 118 Å². The molecule has 5 nitrogen and oxygen atoms in total. The molecule has 0 amide bonds. The van der Waals surface area contributed by atoms with Crippen molar-refractivity contribution in [3.63, 3.8) is 0 Å². The summed E-state index contributed by atoms with van der Waals surface area (Å²) in [5.74, 6) is 0.367. The lowest BCUT2D eigenvalue weighted by atomic mass is 10.2. The van der Waals surface area contributed by atoms with Crippen LogP contribution in [0.4, 0.5) is 0 Å². The zero-order valence-electron chi connectivity index (χ0n) is 12.1. The van der Waals surface area contributed by atoms with Crippen LogP contribution in [0.15, 0.2) is 24.4 Å². The number of hydrogen-bond acceptors (Lipinski definition) is 4. The number of esters is 1. The topological polar surface area (TPSA) is 57.0 Å². The Balaban J connectivity index is 2.30. The van der Waals surface area contributed by atoms with E-state index in [4.69, 9.17) is 4.74 Å². The summed E-state index contributed by atoms with van der Waals surface area (Å²) in [4.78, 5) is 15.9. The van der Waals surface area contributed by atoms with Gasteiger partial charge in [-0.2, -0.15) is 5.10 Å². The van der Waals surface area contributed by atoms with Gasteiger partial charge in [-0.25, -0.2) is 14.5 Å². The van der Waals surface area contributed by atoms with Gasteiger partial charge in [0.1, 0.15) is 0 Å². The van der Waals surface area contributed by atoms with Crippen LogP contribution in [0.2, 0.25) is 0 Å². The quantitative estimate of drug-likeness (QED) is 0.786. The molecule has 5 heteroatoms. The van der Waals surface area contributed by atoms with E-state index in [-0.39, 0.29) is 5.97 Å². The van der Waals surface area contributed by atoms with Crippen molar-refractivity contribution in [2.45, 2.75) is 33.6 Å². The van der Waals surface area contributed by atoms with E-state index in [1.807, 2.05) is 4.68 Å². The highest BCUT2D eigenvalue weighted by atomic mass is 16.5. The molecule has 0 radical (unpaired) electrons. The van der Waals surface area contributed by atoms with Gasteiger partial charge in [-0.3, -0.25) is 0 Å². The van der Waals surface area contributed by atoms with Gasteiger partial charge in [-0.1, -0.05) is 13.8 Å². The third-order valence-corrected chi connectivity index (χ3v) is 3.03. The maximum Gasteiger partial charge on any atom is 0.339 e. The predicted molar refractivity (Wildman–Crippen MR) is 76.1 cm³/mol. The molecule has 2 rings (SSSR count). The van der Waals surface area contributed by atoms with Crippen LogP contribution in [0.1, 0.15) is 42.5 Å². The second-order valence-corrected chi connectivity index (χ2v) is 4.37. The molecule has 0 atom stereocenters. The van der Waals surface area contributed by atoms with Gasteiger partial charge in [0.25, 0.3) is 0 Å². The Morgan fingerprint density at radius 1 is 1.25 bits per heavy atom. The van der Waals surface area contributed by atoms with Crippen LogP contribution in [-0.4, -0.2) is 27.3 Å². The number of aryl methyl sites for hydroxylation is 2. The van der Waals surface area contributed by atoms with Gasteiger partial charge in [0, 0.05) is 11.9 Å². The lowest BCUT2D eigenvalue weighted by Gasteiger charge is -2.06.